The lowest BCUT2D eigenvalue weighted by atomic mass is 9.98. The van der Waals surface area contributed by atoms with Gasteiger partial charge in [0.15, 0.2) is 5.82 Å². The van der Waals surface area contributed by atoms with E-state index in [9.17, 15) is 23.2 Å². The molecule has 0 saturated carbocycles. The number of ether oxygens (including phenoxy) is 1. The van der Waals surface area contributed by atoms with Crippen molar-refractivity contribution >= 4 is 22.9 Å². The summed E-state index contributed by atoms with van der Waals surface area (Å²) < 4.78 is 47.9. The summed E-state index contributed by atoms with van der Waals surface area (Å²) in [5, 5.41) is 13.7. The molecular weight excluding hydrogens is 437 g/mol. The summed E-state index contributed by atoms with van der Waals surface area (Å²) in [4.78, 5) is 18.4. The number of anilines is 2. The van der Waals surface area contributed by atoms with Gasteiger partial charge in [-0.15, -0.1) is 0 Å². The number of nitrogens with zero attached hydrogens (tertiary/aromatic N) is 5. The van der Waals surface area contributed by atoms with Crippen LogP contribution >= 0.6 is 0 Å². The van der Waals surface area contributed by atoms with Crippen LogP contribution in [0.5, 0.6) is 0 Å². The number of fused-ring (bicyclic) bond motifs is 1. The molecule has 0 bridgehead atoms. The molecule has 0 spiro atoms. The summed E-state index contributed by atoms with van der Waals surface area (Å²) in [6.07, 6.45) is -3.06. The summed E-state index contributed by atoms with van der Waals surface area (Å²) in [5.74, 6) is -0.648. The second kappa shape index (κ2) is 7.74. The molecule has 1 aliphatic heterocycles. The maximum absolute atomic E-state index is 13.7. The van der Waals surface area contributed by atoms with E-state index >= 15 is 0 Å². The lowest BCUT2D eigenvalue weighted by Crippen LogP contribution is -2.58. The fourth-order valence-electron chi connectivity index (χ4n) is 3.98. The highest BCUT2D eigenvalue weighted by Crippen LogP contribution is 2.40. The van der Waals surface area contributed by atoms with E-state index in [0.29, 0.717) is 17.7 Å². The number of benzene rings is 1. The summed E-state index contributed by atoms with van der Waals surface area (Å²) in [7, 11) is 0. The first-order valence-corrected chi connectivity index (χ1v) is 10.2. The third-order valence-corrected chi connectivity index (χ3v) is 5.77. The normalized spacial score (nSPS) is 18.5. The smallest absolute Gasteiger partial charge is 0.382 e. The minimum atomic E-state index is -4.69. The Morgan fingerprint density at radius 2 is 2.06 bits per heavy atom. The molecular formula is C22H21F3N6O2. The first kappa shape index (κ1) is 22.5. The van der Waals surface area contributed by atoms with E-state index in [4.69, 9.17) is 10.5 Å². The molecule has 8 nitrogen and oxygen atoms in total. The number of morpholine rings is 1. The van der Waals surface area contributed by atoms with Gasteiger partial charge in [0.05, 0.1) is 35.2 Å². The van der Waals surface area contributed by atoms with Crippen molar-refractivity contribution in [3.8, 4) is 17.3 Å². The van der Waals surface area contributed by atoms with E-state index in [2.05, 4.69) is 16.2 Å². The zero-order valence-electron chi connectivity index (χ0n) is 18.1. The number of aromatic nitrogens is 3. The molecule has 0 unspecified atom stereocenters. The van der Waals surface area contributed by atoms with Crippen molar-refractivity contribution in [2.75, 3.05) is 17.2 Å². The number of hydrogen-bond donors (Lipinski definition) is 1. The van der Waals surface area contributed by atoms with Crippen LogP contribution in [0.15, 0.2) is 30.6 Å². The van der Waals surface area contributed by atoms with E-state index < -0.39 is 17.3 Å². The number of halogens is 3. The Bertz CT molecular complexity index is 1290. The molecule has 1 fully saturated rings. The average molecular weight is 458 g/mol. The minimum absolute atomic E-state index is 0.102. The van der Waals surface area contributed by atoms with Crippen molar-refractivity contribution in [1.29, 1.82) is 5.26 Å². The number of nitrogens with two attached hydrogens (primary N) is 1. The summed E-state index contributed by atoms with van der Waals surface area (Å²) in [6.45, 7) is 5.43. The fraction of sp³-hybridized carbons (Fsp3) is 0.364. The Morgan fingerprint density at radius 1 is 1.33 bits per heavy atom. The first-order chi connectivity index (χ1) is 15.5. The summed E-state index contributed by atoms with van der Waals surface area (Å²) >= 11 is 0. The summed E-state index contributed by atoms with van der Waals surface area (Å²) in [6, 6.07) is 7.20. The molecule has 1 amide bonds. The zero-order chi connectivity index (χ0) is 24.1. The van der Waals surface area contributed by atoms with Crippen molar-refractivity contribution in [3.05, 3.63) is 41.7 Å². The Morgan fingerprint density at radius 3 is 2.70 bits per heavy atom. The van der Waals surface area contributed by atoms with Crippen molar-refractivity contribution in [1.82, 2.24) is 14.6 Å². The molecule has 2 aromatic heterocycles. The van der Waals surface area contributed by atoms with Gasteiger partial charge >= 0.3 is 6.18 Å². The average Bonchev–Trinajstić information content (AvgIpc) is 3.17. The van der Waals surface area contributed by atoms with Gasteiger partial charge in [0.25, 0.3) is 5.91 Å². The predicted octanol–water partition coefficient (Wildman–Crippen LogP) is 3.79. The quantitative estimate of drug-likeness (QED) is 0.640. The van der Waals surface area contributed by atoms with Crippen molar-refractivity contribution in [2.24, 2.45) is 0 Å². The predicted molar refractivity (Wildman–Crippen MR) is 114 cm³/mol. The molecule has 3 aromatic rings. The SMILES string of the molecule is CC[C@H]1COC(C)(C)C(=O)N1c1cc(-c2cc(C(F)(F)F)c3c(N)ncnn23)ccc1C#N. The lowest BCUT2D eigenvalue weighted by molar-refractivity contribution is -0.148. The molecule has 0 aliphatic carbocycles. The van der Waals surface area contributed by atoms with E-state index in [1.54, 1.807) is 13.8 Å². The number of alkyl halides is 3. The van der Waals surface area contributed by atoms with Crippen LogP contribution in [0.25, 0.3) is 16.8 Å². The lowest BCUT2D eigenvalue weighted by Gasteiger charge is -2.43. The number of hydrogen-bond acceptors (Lipinski definition) is 6. The minimum Gasteiger partial charge on any atom is -0.382 e. The van der Waals surface area contributed by atoms with Gasteiger partial charge in [-0.1, -0.05) is 13.0 Å². The van der Waals surface area contributed by atoms with Crippen LogP contribution in [0.4, 0.5) is 24.7 Å². The van der Waals surface area contributed by atoms with Gasteiger partial charge in [0, 0.05) is 5.56 Å². The maximum Gasteiger partial charge on any atom is 0.418 e. The summed E-state index contributed by atoms with van der Waals surface area (Å²) in [5.41, 5.74) is 4.25. The molecule has 1 atom stereocenters. The monoisotopic (exact) mass is 458 g/mol. The maximum atomic E-state index is 13.7. The highest BCUT2D eigenvalue weighted by atomic mass is 19.4. The van der Waals surface area contributed by atoms with Crippen LogP contribution in [0.2, 0.25) is 0 Å². The van der Waals surface area contributed by atoms with Crippen molar-refractivity contribution in [3.63, 3.8) is 0 Å². The third kappa shape index (κ3) is 3.66. The van der Waals surface area contributed by atoms with Gasteiger partial charge in [-0.25, -0.2) is 9.50 Å². The molecule has 1 aromatic carbocycles. The van der Waals surface area contributed by atoms with Crippen LogP contribution in [0.1, 0.15) is 38.3 Å². The molecule has 11 heteroatoms. The van der Waals surface area contributed by atoms with Crippen molar-refractivity contribution in [2.45, 2.75) is 45.0 Å². The largest absolute Gasteiger partial charge is 0.418 e. The number of nitrogen functional groups attached to an aromatic ring is 1. The fourth-order valence-corrected chi connectivity index (χ4v) is 3.98. The third-order valence-electron chi connectivity index (χ3n) is 5.77. The molecule has 3 heterocycles. The number of carbonyl (C=O) groups excluding carboxylic acids is 1. The van der Waals surface area contributed by atoms with Gasteiger partial charge in [0.2, 0.25) is 0 Å². The van der Waals surface area contributed by atoms with E-state index in [1.807, 2.05) is 6.92 Å². The van der Waals surface area contributed by atoms with Gasteiger partial charge < -0.3 is 15.4 Å². The van der Waals surface area contributed by atoms with E-state index in [1.165, 1.54) is 23.1 Å². The second-order valence-electron chi connectivity index (χ2n) is 8.25. The molecule has 4 rings (SSSR count). The topological polar surface area (TPSA) is 110 Å². The van der Waals surface area contributed by atoms with Gasteiger partial charge in [-0.05, 0) is 38.5 Å². The zero-order valence-corrected chi connectivity index (χ0v) is 18.1. The van der Waals surface area contributed by atoms with Gasteiger partial charge in [-0.3, -0.25) is 4.79 Å². The molecule has 1 aliphatic rings. The van der Waals surface area contributed by atoms with Crippen molar-refractivity contribution < 1.29 is 22.7 Å². The van der Waals surface area contributed by atoms with Crippen LogP contribution < -0.4 is 10.6 Å². The number of amides is 1. The highest BCUT2D eigenvalue weighted by Gasteiger charge is 2.43. The Balaban J connectivity index is 1.95. The van der Waals surface area contributed by atoms with Gasteiger partial charge in [0.1, 0.15) is 23.5 Å². The van der Waals surface area contributed by atoms with Crippen LogP contribution in [0.3, 0.4) is 0 Å². The van der Waals surface area contributed by atoms with Crippen LogP contribution in [0, 0.1) is 11.3 Å². The number of carbonyl (C=O) groups is 1. The molecule has 0 radical (unpaired) electrons. The van der Waals surface area contributed by atoms with E-state index in [0.717, 1.165) is 16.9 Å². The Labute approximate surface area is 187 Å². The Kier molecular flexibility index (Phi) is 5.29. The molecule has 172 valence electrons. The molecule has 2 N–H and O–H groups in total. The molecule has 33 heavy (non-hydrogen) atoms. The second-order valence-corrected chi connectivity index (χ2v) is 8.25. The highest BCUT2D eigenvalue weighted by molar-refractivity contribution is 6.01. The van der Waals surface area contributed by atoms with E-state index in [-0.39, 0.29) is 41.1 Å². The first-order valence-electron chi connectivity index (χ1n) is 10.2. The Hall–Kier alpha value is -3.65. The molecule has 1 saturated heterocycles. The van der Waals surface area contributed by atoms with Crippen LogP contribution in [-0.2, 0) is 15.7 Å². The van der Waals surface area contributed by atoms with Crippen LogP contribution in [-0.4, -0.2) is 38.8 Å². The number of rotatable bonds is 3. The van der Waals surface area contributed by atoms with Gasteiger partial charge in [-0.2, -0.15) is 23.5 Å². The number of nitriles is 1. The standard InChI is InChI=1S/C22H21F3N6O2/c1-4-14-10-33-21(2,3)20(32)30(14)16-7-12(5-6-13(16)9-26)17-8-15(22(23,24)25)18-19(27)28-11-29-31(17)18/h5-8,11,14H,4,10H2,1-3H3,(H2,27,28,29)/t14-/m0/s1.